The van der Waals surface area contributed by atoms with Crippen molar-refractivity contribution in [3.63, 3.8) is 0 Å². The van der Waals surface area contributed by atoms with Crippen molar-refractivity contribution in [3.05, 3.63) is 53.3 Å². The molecule has 0 saturated carbocycles. The Morgan fingerprint density at radius 3 is 2.25 bits per heavy atom. The van der Waals surface area contributed by atoms with E-state index in [1.165, 1.54) is 33.5 Å². The van der Waals surface area contributed by atoms with E-state index in [1.807, 2.05) is 0 Å². The van der Waals surface area contributed by atoms with E-state index in [1.54, 1.807) is 25.1 Å². The van der Waals surface area contributed by atoms with Crippen LogP contribution in [0.25, 0.3) is 0 Å². The molecule has 0 aliphatic rings. The van der Waals surface area contributed by atoms with E-state index in [0.29, 0.717) is 17.1 Å². The van der Waals surface area contributed by atoms with Crippen LogP contribution in [0.2, 0.25) is 0 Å². The molecule has 0 saturated heterocycles. The van der Waals surface area contributed by atoms with Gasteiger partial charge in [0.1, 0.15) is 23.1 Å². The van der Waals surface area contributed by atoms with Gasteiger partial charge in [-0.05, 0) is 37.3 Å². The minimum atomic E-state index is -0.943. The van der Waals surface area contributed by atoms with Crippen LogP contribution in [0.15, 0.2) is 36.4 Å². The van der Waals surface area contributed by atoms with E-state index in [-0.39, 0.29) is 11.3 Å². The van der Waals surface area contributed by atoms with Gasteiger partial charge in [0, 0.05) is 11.6 Å². The summed E-state index contributed by atoms with van der Waals surface area (Å²) in [6.07, 6.45) is 0. The molecule has 2 aromatic rings. The summed E-state index contributed by atoms with van der Waals surface area (Å²) in [5.41, 5.74) is 0.416. The Morgan fingerprint density at radius 1 is 1.00 bits per heavy atom. The van der Waals surface area contributed by atoms with Crippen LogP contribution in [-0.4, -0.2) is 39.8 Å². The number of carbonyl (C=O) groups excluding carboxylic acids is 2. The summed E-state index contributed by atoms with van der Waals surface area (Å²) in [6, 6.07) is 8.49. The molecule has 8 heteroatoms. The topological polar surface area (TPSA) is 83.1 Å². The van der Waals surface area contributed by atoms with Gasteiger partial charge in [0.2, 0.25) is 0 Å². The summed E-state index contributed by atoms with van der Waals surface area (Å²) in [4.78, 5) is 24.1. The highest BCUT2D eigenvalue weighted by atomic mass is 19.1. The van der Waals surface area contributed by atoms with Gasteiger partial charge >= 0.3 is 5.97 Å². The third kappa shape index (κ3) is 5.12. The molecule has 2 rings (SSSR count). The zero-order valence-corrected chi connectivity index (χ0v) is 16.1. The summed E-state index contributed by atoms with van der Waals surface area (Å²) in [6.45, 7) is 1.20. The van der Waals surface area contributed by atoms with Crippen LogP contribution in [0, 0.1) is 5.82 Å². The van der Waals surface area contributed by atoms with Crippen LogP contribution in [-0.2, 0) is 9.53 Å². The Kier molecular flexibility index (Phi) is 7.20. The molecule has 0 unspecified atom stereocenters. The predicted molar refractivity (Wildman–Crippen MR) is 99.3 cm³/mol. The van der Waals surface area contributed by atoms with E-state index in [0.717, 1.165) is 6.07 Å². The molecule has 0 aliphatic heterocycles. The zero-order valence-electron chi connectivity index (χ0n) is 16.1. The van der Waals surface area contributed by atoms with Crippen LogP contribution in [0.4, 0.5) is 4.39 Å². The van der Waals surface area contributed by atoms with Crippen molar-refractivity contribution in [2.24, 2.45) is 0 Å². The lowest BCUT2D eigenvalue weighted by Gasteiger charge is -2.18. The van der Waals surface area contributed by atoms with E-state index >= 15 is 0 Å². The van der Waals surface area contributed by atoms with Gasteiger partial charge in [-0.1, -0.05) is 0 Å². The molecule has 1 atom stereocenters. The first kappa shape index (κ1) is 21.0. The number of rotatable bonds is 8. The Balaban J connectivity index is 1.98. The first-order chi connectivity index (χ1) is 13.4. The lowest BCUT2D eigenvalue weighted by molar-refractivity contribution is -0.124. The second-order valence-electron chi connectivity index (χ2n) is 5.82. The fourth-order valence-electron chi connectivity index (χ4n) is 2.54. The van der Waals surface area contributed by atoms with Crippen LogP contribution < -0.4 is 19.5 Å². The van der Waals surface area contributed by atoms with Gasteiger partial charge in [0.05, 0.1) is 32.9 Å². The second-order valence-corrected chi connectivity index (χ2v) is 5.82. The van der Waals surface area contributed by atoms with Crippen molar-refractivity contribution >= 4 is 11.9 Å². The van der Waals surface area contributed by atoms with Gasteiger partial charge < -0.3 is 24.3 Å². The number of benzene rings is 2. The average Bonchev–Trinajstić information content (AvgIpc) is 2.71. The maximum absolute atomic E-state index is 13.9. The summed E-state index contributed by atoms with van der Waals surface area (Å²) >= 11 is 0. The fourth-order valence-corrected chi connectivity index (χ4v) is 2.54. The first-order valence-corrected chi connectivity index (χ1v) is 8.41. The molecule has 2 aromatic carbocycles. The molecule has 0 radical (unpaired) electrons. The van der Waals surface area contributed by atoms with E-state index < -0.39 is 30.3 Å². The lowest BCUT2D eigenvalue weighted by Crippen LogP contribution is -2.31. The van der Waals surface area contributed by atoms with E-state index in [9.17, 15) is 14.0 Å². The number of hydrogen-bond acceptors (Lipinski definition) is 6. The second kappa shape index (κ2) is 9.59. The van der Waals surface area contributed by atoms with Crippen molar-refractivity contribution < 1.29 is 32.9 Å². The van der Waals surface area contributed by atoms with Crippen molar-refractivity contribution in [2.45, 2.75) is 13.0 Å². The highest BCUT2D eigenvalue weighted by molar-refractivity contribution is 5.91. The van der Waals surface area contributed by atoms with Crippen molar-refractivity contribution in [1.82, 2.24) is 5.32 Å². The smallest absolute Gasteiger partial charge is 0.341 e. The lowest BCUT2D eigenvalue weighted by atomic mass is 10.1. The highest BCUT2D eigenvalue weighted by Gasteiger charge is 2.18. The van der Waals surface area contributed by atoms with Crippen LogP contribution in [0.1, 0.15) is 28.9 Å². The van der Waals surface area contributed by atoms with Crippen molar-refractivity contribution in [2.75, 3.05) is 27.9 Å². The molecule has 28 heavy (non-hydrogen) atoms. The Labute approximate surface area is 162 Å². The Hall–Kier alpha value is -3.29. The van der Waals surface area contributed by atoms with Gasteiger partial charge in [0.15, 0.2) is 6.61 Å². The largest absolute Gasteiger partial charge is 0.497 e. The third-order valence-electron chi connectivity index (χ3n) is 4.01. The van der Waals surface area contributed by atoms with E-state index in [2.05, 4.69) is 5.32 Å². The maximum Gasteiger partial charge on any atom is 0.341 e. The standard InChI is InChI=1S/C20H22FNO6/c1-12(16-9-13(25-2)6-8-18(16)27-4)22-19(23)11-28-20(24)15-7-5-14(26-3)10-17(15)21/h5-10,12H,11H2,1-4H3,(H,22,23)/t12-/m1/s1. The Bertz CT molecular complexity index is 855. The zero-order chi connectivity index (χ0) is 20.7. The number of hydrogen-bond donors (Lipinski definition) is 1. The number of halogens is 1. The molecule has 150 valence electrons. The molecule has 1 N–H and O–H groups in total. The fraction of sp³-hybridized carbons (Fsp3) is 0.300. The molecule has 0 bridgehead atoms. The van der Waals surface area contributed by atoms with Crippen LogP contribution in [0.5, 0.6) is 17.2 Å². The van der Waals surface area contributed by atoms with Crippen LogP contribution in [0.3, 0.4) is 0 Å². The van der Waals surface area contributed by atoms with E-state index in [4.69, 9.17) is 18.9 Å². The third-order valence-corrected chi connectivity index (χ3v) is 4.01. The van der Waals surface area contributed by atoms with Gasteiger partial charge in [-0.25, -0.2) is 9.18 Å². The monoisotopic (exact) mass is 391 g/mol. The average molecular weight is 391 g/mol. The molecule has 0 aliphatic carbocycles. The molecule has 1 amide bonds. The molecule has 0 heterocycles. The minimum absolute atomic E-state index is 0.271. The number of methoxy groups -OCH3 is 3. The number of ether oxygens (including phenoxy) is 4. The number of carbonyl (C=O) groups is 2. The molecular weight excluding hydrogens is 369 g/mol. The number of esters is 1. The van der Waals surface area contributed by atoms with Crippen molar-refractivity contribution in [3.8, 4) is 17.2 Å². The summed E-state index contributed by atoms with van der Waals surface area (Å²) in [5.74, 6) is -0.821. The van der Waals surface area contributed by atoms with Gasteiger partial charge in [-0.15, -0.1) is 0 Å². The summed E-state index contributed by atoms with van der Waals surface area (Å²) < 4.78 is 34.1. The normalized spacial score (nSPS) is 11.3. The van der Waals surface area contributed by atoms with Gasteiger partial charge in [-0.3, -0.25) is 4.79 Å². The molecule has 0 fully saturated rings. The quantitative estimate of drug-likeness (QED) is 0.697. The highest BCUT2D eigenvalue weighted by Crippen LogP contribution is 2.29. The molecule has 0 aromatic heterocycles. The van der Waals surface area contributed by atoms with Gasteiger partial charge in [-0.2, -0.15) is 0 Å². The predicted octanol–water partition coefficient (Wildman–Crippen LogP) is 2.89. The van der Waals surface area contributed by atoms with Gasteiger partial charge in [0.25, 0.3) is 5.91 Å². The number of nitrogens with one attached hydrogen (secondary N) is 1. The molecule has 7 nitrogen and oxygen atoms in total. The summed E-state index contributed by atoms with van der Waals surface area (Å²) in [7, 11) is 4.44. The molecular formula is C20H22FNO6. The van der Waals surface area contributed by atoms with Crippen molar-refractivity contribution in [1.29, 1.82) is 0 Å². The Morgan fingerprint density at radius 2 is 1.64 bits per heavy atom. The molecule has 0 spiro atoms. The SMILES string of the molecule is COc1ccc(C(=O)OCC(=O)N[C@H](C)c2cc(OC)ccc2OC)c(F)c1. The first-order valence-electron chi connectivity index (χ1n) is 8.41. The number of amides is 1. The maximum atomic E-state index is 13.9. The minimum Gasteiger partial charge on any atom is -0.497 e. The summed E-state index contributed by atoms with van der Waals surface area (Å²) in [5, 5.41) is 2.70. The van der Waals surface area contributed by atoms with Crippen LogP contribution >= 0.6 is 0 Å².